The van der Waals surface area contributed by atoms with Gasteiger partial charge in [-0.1, -0.05) is 36.4 Å². The summed E-state index contributed by atoms with van der Waals surface area (Å²) in [6.07, 6.45) is 8.34. The molecule has 168 valence electrons. The molecule has 1 aromatic carbocycles. The monoisotopic (exact) mass is 432 g/mol. The molecule has 1 aliphatic carbocycles. The van der Waals surface area contributed by atoms with E-state index < -0.39 is 0 Å². The van der Waals surface area contributed by atoms with Crippen molar-refractivity contribution in [2.45, 2.75) is 49.7 Å². The predicted octanol–water partition coefficient (Wildman–Crippen LogP) is 3.39. The summed E-state index contributed by atoms with van der Waals surface area (Å²) in [5.74, 6) is 0.273. The summed E-state index contributed by atoms with van der Waals surface area (Å²) in [5, 5.41) is 0. The van der Waals surface area contributed by atoms with Crippen LogP contribution in [0.15, 0.2) is 60.9 Å². The van der Waals surface area contributed by atoms with Gasteiger partial charge in [-0.15, -0.1) is 0 Å². The van der Waals surface area contributed by atoms with Crippen molar-refractivity contribution in [2.24, 2.45) is 11.7 Å². The lowest BCUT2D eigenvalue weighted by molar-refractivity contribution is -0.140. The molecule has 0 spiro atoms. The highest BCUT2D eigenvalue weighted by atomic mass is 16.5. The highest BCUT2D eigenvalue weighted by Gasteiger charge is 2.42. The molecule has 0 unspecified atom stereocenters. The number of nitrogens with two attached hydrogens (primary N) is 1. The number of ether oxygens (including phenoxy) is 1. The van der Waals surface area contributed by atoms with Gasteiger partial charge in [-0.25, -0.2) is 4.98 Å². The quantitative estimate of drug-likeness (QED) is 0.686. The summed E-state index contributed by atoms with van der Waals surface area (Å²) >= 11 is 0. The van der Waals surface area contributed by atoms with E-state index in [0.717, 1.165) is 56.5 Å². The molecule has 3 heterocycles. The van der Waals surface area contributed by atoms with Gasteiger partial charge in [0.25, 0.3) is 0 Å². The van der Waals surface area contributed by atoms with Crippen molar-refractivity contribution in [1.82, 2.24) is 14.3 Å². The molecule has 5 rings (SSSR count). The van der Waals surface area contributed by atoms with Gasteiger partial charge in [-0.2, -0.15) is 0 Å². The van der Waals surface area contributed by atoms with E-state index in [0.29, 0.717) is 0 Å². The lowest BCUT2D eigenvalue weighted by Gasteiger charge is -2.43. The number of pyridine rings is 1. The number of aromatic nitrogens is 2. The zero-order chi connectivity index (χ0) is 22.1. The summed E-state index contributed by atoms with van der Waals surface area (Å²) in [6.45, 7) is 1.48. The van der Waals surface area contributed by atoms with Crippen LogP contribution in [0.1, 0.15) is 43.4 Å². The maximum Gasteiger partial charge on any atom is 0.225 e. The molecular formula is C26H32N4O2. The maximum absolute atomic E-state index is 13.4. The minimum atomic E-state index is -0.186. The van der Waals surface area contributed by atoms with Gasteiger partial charge < -0.3 is 19.8 Å². The molecule has 2 aromatic heterocycles. The van der Waals surface area contributed by atoms with E-state index in [9.17, 15) is 4.79 Å². The Balaban J connectivity index is 1.39. The topological polar surface area (TPSA) is 72.9 Å². The molecule has 0 radical (unpaired) electrons. The van der Waals surface area contributed by atoms with Crippen LogP contribution in [-0.2, 0) is 14.9 Å². The number of imidazole rings is 1. The summed E-state index contributed by atoms with van der Waals surface area (Å²) < 4.78 is 7.63. The number of fused-ring (bicyclic) bond motifs is 1. The lowest BCUT2D eigenvalue weighted by atomic mass is 9.70. The first-order chi connectivity index (χ1) is 15.6. The number of methoxy groups -OCH3 is 1. The first-order valence-corrected chi connectivity index (χ1v) is 11.7. The van der Waals surface area contributed by atoms with Gasteiger partial charge in [0.05, 0.1) is 11.8 Å². The minimum Gasteiger partial charge on any atom is -0.380 e. The smallest absolute Gasteiger partial charge is 0.225 e. The van der Waals surface area contributed by atoms with Crippen LogP contribution in [-0.4, -0.2) is 52.5 Å². The Morgan fingerprint density at radius 1 is 1.09 bits per heavy atom. The van der Waals surface area contributed by atoms with Gasteiger partial charge in [-0.05, 0) is 49.8 Å². The van der Waals surface area contributed by atoms with Crippen LogP contribution in [0.3, 0.4) is 0 Å². The summed E-state index contributed by atoms with van der Waals surface area (Å²) in [6, 6.07) is 16.8. The number of amides is 1. The Bertz CT molecular complexity index is 1040. The third kappa shape index (κ3) is 3.71. The van der Waals surface area contributed by atoms with E-state index >= 15 is 0 Å². The van der Waals surface area contributed by atoms with Crippen molar-refractivity contribution in [3.05, 3.63) is 72.2 Å². The number of hydrogen-bond acceptors (Lipinski definition) is 4. The standard InChI is InChI=1S/C26H32N4O2/c1-32-22-17-19(10-11-21(22)27)25(31)29-15-12-26(13-16-29,20-7-3-2-4-8-20)23-18-30-14-6-5-9-24(30)28-23/h2-9,14,18-19,21-22H,10-13,15-17,27H2,1H3/t19-,21-,22-/m0/s1. The fourth-order valence-corrected chi connectivity index (χ4v) is 5.63. The molecular weight excluding hydrogens is 400 g/mol. The van der Waals surface area contributed by atoms with E-state index in [4.69, 9.17) is 15.5 Å². The van der Waals surface area contributed by atoms with Crippen molar-refractivity contribution in [3.8, 4) is 0 Å². The van der Waals surface area contributed by atoms with E-state index in [1.165, 1.54) is 5.56 Å². The zero-order valence-electron chi connectivity index (χ0n) is 18.7. The third-order valence-corrected chi connectivity index (χ3v) is 7.60. The molecule has 1 saturated heterocycles. The molecule has 0 bridgehead atoms. The number of carbonyl (C=O) groups is 1. The Morgan fingerprint density at radius 3 is 2.56 bits per heavy atom. The van der Waals surface area contributed by atoms with Crippen LogP contribution in [0.25, 0.3) is 5.65 Å². The van der Waals surface area contributed by atoms with Gasteiger partial charge >= 0.3 is 0 Å². The Hall–Kier alpha value is -2.70. The van der Waals surface area contributed by atoms with Crippen LogP contribution in [0.4, 0.5) is 0 Å². The van der Waals surface area contributed by atoms with Crippen LogP contribution < -0.4 is 5.73 Å². The number of rotatable bonds is 4. The third-order valence-electron chi connectivity index (χ3n) is 7.60. The maximum atomic E-state index is 13.4. The van der Waals surface area contributed by atoms with Crippen molar-refractivity contribution in [2.75, 3.05) is 20.2 Å². The molecule has 1 aliphatic heterocycles. The highest BCUT2D eigenvalue weighted by molar-refractivity contribution is 5.79. The average molecular weight is 433 g/mol. The minimum absolute atomic E-state index is 0.0131. The Kier molecular flexibility index (Phi) is 5.74. The van der Waals surface area contributed by atoms with Crippen molar-refractivity contribution >= 4 is 11.6 Å². The lowest BCUT2D eigenvalue weighted by Crippen LogP contribution is -2.50. The van der Waals surface area contributed by atoms with Gasteiger partial charge in [0.15, 0.2) is 0 Å². The molecule has 2 N–H and O–H groups in total. The van der Waals surface area contributed by atoms with Crippen LogP contribution in [0, 0.1) is 5.92 Å². The molecule has 3 aromatic rings. The van der Waals surface area contributed by atoms with Gasteiger partial charge in [0.1, 0.15) is 5.65 Å². The number of nitrogens with zero attached hydrogens (tertiary/aromatic N) is 3. The second-order valence-electron chi connectivity index (χ2n) is 9.31. The molecule has 1 amide bonds. The van der Waals surface area contributed by atoms with Gasteiger partial charge in [0, 0.05) is 50.0 Å². The average Bonchev–Trinajstić information content (AvgIpc) is 3.29. The molecule has 1 saturated carbocycles. The van der Waals surface area contributed by atoms with Crippen LogP contribution >= 0.6 is 0 Å². The predicted molar refractivity (Wildman–Crippen MR) is 124 cm³/mol. The summed E-state index contributed by atoms with van der Waals surface area (Å²) in [5.41, 5.74) is 9.30. The zero-order valence-corrected chi connectivity index (χ0v) is 18.7. The SMILES string of the molecule is CO[C@H]1C[C@@H](C(=O)N2CCC(c3ccccc3)(c3cn4ccccc4n3)CC2)CC[C@@H]1N. The van der Waals surface area contributed by atoms with Crippen LogP contribution in [0.2, 0.25) is 0 Å². The Labute approximate surface area is 189 Å². The van der Waals surface area contributed by atoms with E-state index in [-0.39, 0.29) is 29.4 Å². The molecule has 3 atom stereocenters. The summed E-state index contributed by atoms with van der Waals surface area (Å²) in [4.78, 5) is 20.4. The number of benzene rings is 1. The number of likely N-dealkylation sites (tertiary alicyclic amines) is 1. The first kappa shape index (κ1) is 21.2. The second kappa shape index (κ2) is 8.68. The van der Waals surface area contributed by atoms with E-state index in [2.05, 4.69) is 45.8 Å². The largest absolute Gasteiger partial charge is 0.380 e. The number of carbonyl (C=O) groups excluding carboxylic acids is 1. The second-order valence-corrected chi connectivity index (χ2v) is 9.31. The van der Waals surface area contributed by atoms with Gasteiger partial charge in [-0.3, -0.25) is 4.79 Å². The first-order valence-electron chi connectivity index (χ1n) is 11.7. The molecule has 6 nitrogen and oxygen atoms in total. The number of piperidine rings is 1. The highest BCUT2D eigenvalue weighted by Crippen LogP contribution is 2.42. The fraction of sp³-hybridized carbons (Fsp3) is 0.462. The van der Waals surface area contributed by atoms with Crippen molar-refractivity contribution < 1.29 is 9.53 Å². The normalized spacial score (nSPS) is 25.7. The van der Waals surface area contributed by atoms with E-state index in [1.54, 1.807) is 7.11 Å². The Morgan fingerprint density at radius 2 is 1.84 bits per heavy atom. The van der Waals surface area contributed by atoms with Crippen molar-refractivity contribution in [1.29, 1.82) is 0 Å². The van der Waals surface area contributed by atoms with Crippen LogP contribution in [0.5, 0.6) is 0 Å². The van der Waals surface area contributed by atoms with Gasteiger partial charge in [0.2, 0.25) is 5.91 Å². The van der Waals surface area contributed by atoms with Crippen molar-refractivity contribution in [3.63, 3.8) is 0 Å². The molecule has 2 aliphatic rings. The molecule has 32 heavy (non-hydrogen) atoms. The molecule has 6 heteroatoms. The number of hydrogen-bond donors (Lipinski definition) is 1. The van der Waals surface area contributed by atoms with E-state index in [1.807, 2.05) is 24.4 Å². The molecule has 2 fully saturated rings. The fourth-order valence-electron chi connectivity index (χ4n) is 5.63. The summed E-state index contributed by atoms with van der Waals surface area (Å²) in [7, 11) is 1.70.